The molecule has 0 unspecified atom stereocenters. The second kappa shape index (κ2) is 5.18. The predicted octanol–water partition coefficient (Wildman–Crippen LogP) is 0.538. The van der Waals surface area contributed by atoms with E-state index in [2.05, 4.69) is 10.0 Å². The van der Waals surface area contributed by atoms with Gasteiger partial charge in [0, 0.05) is 17.9 Å². The Kier molecular flexibility index (Phi) is 4.14. The van der Waals surface area contributed by atoms with Crippen LogP contribution in [0.15, 0.2) is 18.2 Å². The van der Waals surface area contributed by atoms with Gasteiger partial charge in [-0.3, -0.25) is 0 Å². The fraction of sp³-hybridized carbons (Fsp3) is 0.400. The van der Waals surface area contributed by atoms with Gasteiger partial charge in [0.25, 0.3) is 0 Å². The van der Waals surface area contributed by atoms with E-state index in [0.29, 0.717) is 12.2 Å². The normalized spacial score (nSPS) is 11.4. The number of nitrogen functional groups attached to an aromatic ring is 1. The lowest BCUT2D eigenvalue weighted by Crippen LogP contribution is -2.26. The van der Waals surface area contributed by atoms with E-state index in [0.717, 1.165) is 11.3 Å². The first-order chi connectivity index (χ1) is 7.44. The van der Waals surface area contributed by atoms with Gasteiger partial charge in [-0.2, -0.15) is 0 Å². The molecule has 0 aliphatic heterocycles. The Morgan fingerprint density at radius 1 is 1.38 bits per heavy atom. The van der Waals surface area contributed by atoms with Crippen molar-refractivity contribution < 1.29 is 8.42 Å². The Morgan fingerprint density at radius 3 is 2.69 bits per heavy atom. The summed E-state index contributed by atoms with van der Waals surface area (Å²) in [4.78, 5) is 0. The summed E-state index contributed by atoms with van der Waals surface area (Å²) in [7, 11) is -1.75. The summed E-state index contributed by atoms with van der Waals surface area (Å²) in [5.74, 6) is 0.0394. The molecule has 0 aliphatic rings. The van der Waals surface area contributed by atoms with E-state index in [9.17, 15) is 8.42 Å². The molecule has 0 heterocycles. The smallest absolute Gasteiger partial charge is 0.213 e. The summed E-state index contributed by atoms with van der Waals surface area (Å²) in [5, 5.41) is 3.05. The zero-order valence-electron chi connectivity index (χ0n) is 9.45. The molecule has 0 spiro atoms. The summed E-state index contributed by atoms with van der Waals surface area (Å²) in [6, 6.07) is 5.50. The standard InChI is InChI=1S/C10H17N3O2S/c1-8-3-4-9(11)7-10(8)13-5-6-16(14,15)12-2/h3-4,7,12-13H,5-6,11H2,1-2H3. The number of hydrogen-bond acceptors (Lipinski definition) is 4. The number of hydrogen-bond donors (Lipinski definition) is 3. The molecule has 0 aliphatic carbocycles. The number of nitrogens with two attached hydrogens (primary N) is 1. The topological polar surface area (TPSA) is 84.2 Å². The van der Waals surface area contributed by atoms with Crippen molar-refractivity contribution in [2.75, 3.05) is 30.4 Å². The van der Waals surface area contributed by atoms with Crippen LogP contribution in [0.3, 0.4) is 0 Å². The zero-order chi connectivity index (χ0) is 12.2. The highest BCUT2D eigenvalue weighted by Crippen LogP contribution is 2.17. The molecule has 0 bridgehead atoms. The Balaban J connectivity index is 2.59. The lowest BCUT2D eigenvalue weighted by molar-refractivity contribution is 0.588. The van der Waals surface area contributed by atoms with Crippen molar-refractivity contribution in [2.45, 2.75) is 6.92 Å². The quantitative estimate of drug-likeness (QED) is 0.659. The van der Waals surface area contributed by atoms with E-state index < -0.39 is 10.0 Å². The third-order valence-electron chi connectivity index (χ3n) is 2.26. The van der Waals surface area contributed by atoms with Gasteiger partial charge in [-0.25, -0.2) is 13.1 Å². The number of sulfonamides is 1. The zero-order valence-corrected chi connectivity index (χ0v) is 10.3. The highest BCUT2D eigenvalue weighted by atomic mass is 32.2. The van der Waals surface area contributed by atoms with Crippen molar-refractivity contribution >= 4 is 21.4 Å². The summed E-state index contributed by atoms with van der Waals surface area (Å²) in [6.45, 7) is 2.29. The number of nitrogens with one attached hydrogen (secondary N) is 2. The third kappa shape index (κ3) is 3.71. The van der Waals surface area contributed by atoms with Crippen LogP contribution in [0.25, 0.3) is 0 Å². The Bertz CT molecular complexity index is 457. The van der Waals surface area contributed by atoms with E-state index in [-0.39, 0.29) is 5.75 Å². The van der Waals surface area contributed by atoms with Gasteiger partial charge in [-0.1, -0.05) is 6.07 Å². The van der Waals surface area contributed by atoms with E-state index in [1.165, 1.54) is 7.05 Å². The summed E-state index contributed by atoms with van der Waals surface area (Å²) < 4.78 is 24.6. The fourth-order valence-corrected chi connectivity index (χ4v) is 1.83. The van der Waals surface area contributed by atoms with Crippen LogP contribution in [0.2, 0.25) is 0 Å². The number of rotatable bonds is 5. The van der Waals surface area contributed by atoms with E-state index in [1.54, 1.807) is 6.07 Å². The highest BCUT2D eigenvalue weighted by molar-refractivity contribution is 7.89. The van der Waals surface area contributed by atoms with Crippen LogP contribution in [-0.4, -0.2) is 27.8 Å². The van der Waals surface area contributed by atoms with Gasteiger partial charge in [-0.15, -0.1) is 0 Å². The molecule has 90 valence electrons. The van der Waals surface area contributed by atoms with Gasteiger partial charge >= 0.3 is 0 Å². The molecule has 0 amide bonds. The second-order valence-electron chi connectivity index (χ2n) is 3.52. The molecule has 0 saturated heterocycles. The SMILES string of the molecule is CNS(=O)(=O)CCNc1cc(N)ccc1C. The molecule has 0 saturated carbocycles. The molecule has 0 radical (unpaired) electrons. The molecule has 16 heavy (non-hydrogen) atoms. The minimum atomic E-state index is -3.16. The first-order valence-electron chi connectivity index (χ1n) is 4.96. The summed E-state index contributed by atoms with van der Waals surface area (Å²) in [6.07, 6.45) is 0. The van der Waals surface area contributed by atoms with Gasteiger partial charge in [0.2, 0.25) is 10.0 Å². The van der Waals surface area contributed by atoms with Crippen molar-refractivity contribution in [1.29, 1.82) is 0 Å². The minimum absolute atomic E-state index is 0.0394. The molecule has 6 heteroatoms. The van der Waals surface area contributed by atoms with Gasteiger partial charge < -0.3 is 11.1 Å². The van der Waals surface area contributed by atoms with Gasteiger partial charge in [0.15, 0.2) is 0 Å². The van der Waals surface area contributed by atoms with Crippen molar-refractivity contribution in [1.82, 2.24) is 4.72 Å². The maximum atomic E-state index is 11.2. The summed E-state index contributed by atoms with van der Waals surface area (Å²) in [5.41, 5.74) is 8.20. The van der Waals surface area contributed by atoms with Crippen molar-refractivity contribution in [3.63, 3.8) is 0 Å². The lowest BCUT2D eigenvalue weighted by atomic mass is 10.2. The van der Waals surface area contributed by atoms with Gasteiger partial charge in [0.1, 0.15) is 0 Å². The number of anilines is 2. The molecule has 0 atom stereocenters. The van der Waals surface area contributed by atoms with Gasteiger partial charge in [-0.05, 0) is 31.7 Å². The Labute approximate surface area is 96.1 Å². The highest BCUT2D eigenvalue weighted by Gasteiger charge is 2.06. The number of benzene rings is 1. The molecular weight excluding hydrogens is 226 g/mol. The van der Waals surface area contributed by atoms with E-state index in [4.69, 9.17) is 5.73 Å². The van der Waals surface area contributed by atoms with Crippen molar-refractivity contribution in [3.05, 3.63) is 23.8 Å². The number of aryl methyl sites for hydroxylation is 1. The minimum Gasteiger partial charge on any atom is -0.399 e. The molecule has 1 rings (SSSR count). The molecule has 1 aromatic carbocycles. The molecule has 4 N–H and O–H groups in total. The molecule has 1 aromatic rings. The van der Waals surface area contributed by atoms with Crippen LogP contribution in [0.4, 0.5) is 11.4 Å². The van der Waals surface area contributed by atoms with E-state index >= 15 is 0 Å². The second-order valence-corrected chi connectivity index (χ2v) is 5.57. The Morgan fingerprint density at radius 2 is 2.06 bits per heavy atom. The van der Waals surface area contributed by atoms with Crippen LogP contribution in [0, 0.1) is 6.92 Å². The largest absolute Gasteiger partial charge is 0.399 e. The molecule has 0 fully saturated rings. The Hall–Kier alpha value is -1.27. The van der Waals surface area contributed by atoms with Crippen molar-refractivity contribution in [3.8, 4) is 0 Å². The van der Waals surface area contributed by atoms with Crippen LogP contribution >= 0.6 is 0 Å². The molecular formula is C10H17N3O2S. The van der Waals surface area contributed by atoms with Crippen LogP contribution in [-0.2, 0) is 10.0 Å². The predicted molar refractivity (Wildman–Crippen MR) is 66.9 cm³/mol. The monoisotopic (exact) mass is 243 g/mol. The third-order valence-corrected chi connectivity index (χ3v) is 3.62. The average molecular weight is 243 g/mol. The molecule has 0 aromatic heterocycles. The average Bonchev–Trinajstić information content (AvgIpc) is 2.23. The van der Waals surface area contributed by atoms with Crippen molar-refractivity contribution in [2.24, 2.45) is 0 Å². The summed E-state index contributed by atoms with van der Waals surface area (Å²) >= 11 is 0. The van der Waals surface area contributed by atoms with Gasteiger partial charge in [0.05, 0.1) is 5.75 Å². The first kappa shape index (κ1) is 12.8. The molecule has 5 nitrogen and oxygen atoms in total. The van der Waals surface area contributed by atoms with Crippen LogP contribution in [0.5, 0.6) is 0 Å². The van der Waals surface area contributed by atoms with Crippen LogP contribution < -0.4 is 15.8 Å². The van der Waals surface area contributed by atoms with Crippen LogP contribution in [0.1, 0.15) is 5.56 Å². The maximum absolute atomic E-state index is 11.2. The lowest BCUT2D eigenvalue weighted by Gasteiger charge is -2.10. The first-order valence-corrected chi connectivity index (χ1v) is 6.61. The maximum Gasteiger partial charge on any atom is 0.213 e. The fourth-order valence-electron chi connectivity index (χ4n) is 1.25. The van der Waals surface area contributed by atoms with E-state index in [1.807, 2.05) is 19.1 Å².